The minimum absolute atomic E-state index is 0.250. The van der Waals surface area contributed by atoms with Gasteiger partial charge in [0.25, 0.3) is 0 Å². The third-order valence-electron chi connectivity index (χ3n) is 1.56. The minimum atomic E-state index is -0.250. The zero-order chi connectivity index (χ0) is 10.6. The number of nitrogens with two attached hydrogens (primary N) is 1. The van der Waals surface area contributed by atoms with Crippen molar-refractivity contribution < 1.29 is 4.74 Å². The van der Waals surface area contributed by atoms with Gasteiger partial charge in [-0.1, -0.05) is 0 Å². The van der Waals surface area contributed by atoms with Crippen LogP contribution in [0, 0.1) is 0 Å². The van der Waals surface area contributed by atoms with Crippen molar-refractivity contribution in [3.8, 4) is 6.01 Å². The van der Waals surface area contributed by atoms with Crippen LogP contribution in [0.15, 0.2) is 12.4 Å². The smallest absolute Gasteiger partial charge is 0.316 e. The number of nitrogens with zero attached hydrogens (tertiary/aromatic N) is 2. The van der Waals surface area contributed by atoms with E-state index in [1.54, 1.807) is 12.4 Å². The fraction of sp³-hybridized carbons (Fsp3) is 0.556. The fourth-order valence-corrected chi connectivity index (χ4v) is 0.843. The summed E-state index contributed by atoms with van der Waals surface area (Å²) in [4.78, 5) is 7.92. The van der Waals surface area contributed by atoms with Crippen molar-refractivity contribution >= 4 is 5.69 Å². The summed E-state index contributed by atoms with van der Waals surface area (Å²) in [6, 6.07) is 0.363. The lowest BCUT2D eigenvalue weighted by Gasteiger charge is -2.19. The topological polar surface area (TPSA) is 73.1 Å². The molecule has 0 aliphatic carbocycles. The molecule has 0 atom stereocenters. The molecule has 1 rings (SSSR count). The molecule has 14 heavy (non-hydrogen) atoms. The molecule has 0 fully saturated rings. The molecule has 5 heteroatoms. The van der Waals surface area contributed by atoms with Gasteiger partial charge in [-0.05, 0) is 13.8 Å². The van der Waals surface area contributed by atoms with Gasteiger partial charge in [0.15, 0.2) is 0 Å². The molecule has 0 spiro atoms. The quantitative estimate of drug-likeness (QED) is 0.739. The Labute approximate surface area is 83.7 Å². The van der Waals surface area contributed by atoms with Crippen LogP contribution in [0.1, 0.15) is 13.8 Å². The Bertz CT molecular complexity index is 278. The largest absolute Gasteiger partial charge is 0.467 e. The third-order valence-corrected chi connectivity index (χ3v) is 1.56. The first-order valence-corrected chi connectivity index (χ1v) is 4.40. The highest BCUT2D eigenvalue weighted by Crippen LogP contribution is 2.07. The van der Waals surface area contributed by atoms with E-state index < -0.39 is 0 Å². The Kier molecular flexibility index (Phi) is 3.24. The predicted octanol–water partition coefficient (Wildman–Crippen LogP) is 0.634. The Morgan fingerprint density at radius 1 is 1.43 bits per heavy atom. The molecule has 5 nitrogen and oxygen atoms in total. The van der Waals surface area contributed by atoms with E-state index in [4.69, 9.17) is 10.5 Å². The van der Waals surface area contributed by atoms with Gasteiger partial charge < -0.3 is 15.8 Å². The molecule has 0 aromatic carbocycles. The lowest BCUT2D eigenvalue weighted by Crippen LogP contribution is -2.39. The highest BCUT2D eigenvalue weighted by Gasteiger charge is 2.09. The van der Waals surface area contributed by atoms with Crippen molar-refractivity contribution in [1.29, 1.82) is 0 Å². The van der Waals surface area contributed by atoms with Crippen molar-refractivity contribution in [2.75, 3.05) is 19.0 Å². The van der Waals surface area contributed by atoms with E-state index in [0.29, 0.717) is 12.6 Å². The van der Waals surface area contributed by atoms with E-state index in [2.05, 4.69) is 15.3 Å². The number of hydrogen-bond donors (Lipinski definition) is 2. The molecule has 1 heterocycles. The summed E-state index contributed by atoms with van der Waals surface area (Å²) in [7, 11) is 1.53. The van der Waals surface area contributed by atoms with Crippen LogP contribution in [0.3, 0.4) is 0 Å². The summed E-state index contributed by atoms with van der Waals surface area (Å²) < 4.78 is 4.84. The van der Waals surface area contributed by atoms with Gasteiger partial charge in [-0.2, -0.15) is 0 Å². The molecule has 1 aromatic heterocycles. The van der Waals surface area contributed by atoms with E-state index in [1.807, 2.05) is 13.8 Å². The summed E-state index contributed by atoms with van der Waals surface area (Å²) in [6.45, 7) is 4.57. The number of anilines is 1. The van der Waals surface area contributed by atoms with Crippen molar-refractivity contribution in [3.63, 3.8) is 0 Å². The summed E-state index contributed by atoms with van der Waals surface area (Å²) in [5.41, 5.74) is 6.40. The monoisotopic (exact) mass is 196 g/mol. The van der Waals surface area contributed by atoms with Gasteiger partial charge in [-0.3, -0.25) is 0 Å². The Hall–Kier alpha value is -1.36. The van der Waals surface area contributed by atoms with Crippen molar-refractivity contribution in [3.05, 3.63) is 12.4 Å². The zero-order valence-corrected chi connectivity index (χ0v) is 8.74. The van der Waals surface area contributed by atoms with Gasteiger partial charge in [0.2, 0.25) is 0 Å². The number of ether oxygens (including phenoxy) is 1. The molecule has 1 aromatic rings. The molecular formula is C9H16N4O. The Balaban J connectivity index is 2.52. The van der Waals surface area contributed by atoms with Gasteiger partial charge in [-0.25, -0.2) is 9.97 Å². The number of hydrogen-bond acceptors (Lipinski definition) is 5. The molecule has 0 aliphatic rings. The maximum atomic E-state index is 5.81. The zero-order valence-electron chi connectivity index (χ0n) is 8.74. The minimum Gasteiger partial charge on any atom is -0.467 e. The molecule has 0 saturated carbocycles. The van der Waals surface area contributed by atoms with Gasteiger partial charge >= 0.3 is 6.01 Å². The molecule has 0 unspecified atom stereocenters. The SMILES string of the molecule is COc1ncc(NCC(C)(C)N)cn1. The van der Waals surface area contributed by atoms with Crippen LogP contribution in [0.5, 0.6) is 6.01 Å². The first-order chi connectivity index (χ1) is 6.51. The molecule has 0 radical (unpaired) electrons. The highest BCUT2D eigenvalue weighted by molar-refractivity contribution is 5.38. The standard InChI is InChI=1S/C9H16N4O/c1-9(2,10)6-13-7-4-11-8(14-3)12-5-7/h4-5,13H,6,10H2,1-3H3. The van der Waals surface area contributed by atoms with E-state index in [0.717, 1.165) is 5.69 Å². The second-order valence-electron chi connectivity index (χ2n) is 3.80. The predicted molar refractivity (Wildman–Crippen MR) is 55.3 cm³/mol. The number of aromatic nitrogens is 2. The van der Waals surface area contributed by atoms with Gasteiger partial charge in [0, 0.05) is 12.1 Å². The van der Waals surface area contributed by atoms with Crippen LogP contribution >= 0.6 is 0 Å². The fourth-order valence-electron chi connectivity index (χ4n) is 0.843. The second-order valence-corrected chi connectivity index (χ2v) is 3.80. The van der Waals surface area contributed by atoms with Gasteiger partial charge in [0.1, 0.15) is 0 Å². The first kappa shape index (κ1) is 10.7. The number of methoxy groups -OCH3 is 1. The average molecular weight is 196 g/mol. The van der Waals surface area contributed by atoms with Crippen LogP contribution in [0.25, 0.3) is 0 Å². The average Bonchev–Trinajstić information content (AvgIpc) is 2.14. The Morgan fingerprint density at radius 2 is 2.00 bits per heavy atom. The van der Waals surface area contributed by atoms with Gasteiger partial charge in [-0.15, -0.1) is 0 Å². The van der Waals surface area contributed by atoms with E-state index in [9.17, 15) is 0 Å². The first-order valence-electron chi connectivity index (χ1n) is 4.40. The lowest BCUT2D eigenvalue weighted by molar-refractivity contribution is 0.380. The molecule has 0 bridgehead atoms. The second kappa shape index (κ2) is 4.23. The highest BCUT2D eigenvalue weighted by atomic mass is 16.5. The van der Waals surface area contributed by atoms with E-state index in [1.165, 1.54) is 7.11 Å². The molecular weight excluding hydrogens is 180 g/mol. The van der Waals surface area contributed by atoms with E-state index in [-0.39, 0.29) is 5.54 Å². The van der Waals surface area contributed by atoms with E-state index >= 15 is 0 Å². The molecule has 0 amide bonds. The number of nitrogens with one attached hydrogen (secondary N) is 1. The molecule has 78 valence electrons. The lowest BCUT2D eigenvalue weighted by atomic mass is 10.1. The summed E-state index contributed by atoms with van der Waals surface area (Å²) in [5, 5.41) is 3.13. The summed E-state index contributed by atoms with van der Waals surface area (Å²) in [6.07, 6.45) is 3.33. The van der Waals surface area contributed by atoms with Crippen molar-refractivity contribution in [2.45, 2.75) is 19.4 Å². The summed E-state index contributed by atoms with van der Waals surface area (Å²) >= 11 is 0. The summed E-state index contributed by atoms with van der Waals surface area (Å²) in [5.74, 6) is 0. The van der Waals surface area contributed by atoms with Crippen LogP contribution in [-0.2, 0) is 0 Å². The third kappa shape index (κ3) is 3.57. The molecule has 3 N–H and O–H groups in total. The van der Waals surface area contributed by atoms with Crippen LogP contribution in [0.4, 0.5) is 5.69 Å². The normalized spacial score (nSPS) is 11.1. The maximum Gasteiger partial charge on any atom is 0.316 e. The van der Waals surface area contributed by atoms with Crippen LogP contribution < -0.4 is 15.8 Å². The maximum absolute atomic E-state index is 5.81. The van der Waals surface area contributed by atoms with Gasteiger partial charge in [0.05, 0.1) is 25.2 Å². The van der Waals surface area contributed by atoms with Crippen LogP contribution in [0.2, 0.25) is 0 Å². The Morgan fingerprint density at radius 3 is 2.43 bits per heavy atom. The molecule has 0 saturated heterocycles. The number of rotatable bonds is 4. The van der Waals surface area contributed by atoms with Crippen LogP contribution in [-0.4, -0.2) is 29.2 Å². The molecule has 0 aliphatic heterocycles. The van der Waals surface area contributed by atoms with Crippen molar-refractivity contribution in [1.82, 2.24) is 9.97 Å². The van der Waals surface area contributed by atoms with Crippen molar-refractivity contribution in [2.24, 2.45) is 5.73 Å².